The number of ether oxygens (including phenoxy) is 2. The molecule has 0 atom stereocenters. The lowest BCUT2D eigenvalue weighted by molar-refractivity contribution is -0.155. The summed E-state index contributed by atoms with van der Waals surface area (Å²) >= 11 is 0. The van der Waals surface area contributed by atoms with Crippen LogP contribution >= 0.6 is 0 Å². The van der Waals surface area contributed by atoms with Crippen LogP contribution in [0.15, 0.2) is 23.2 Å². The molecule has 8 nitrogen and oxygen atoms in total. The number of hydrogen-bond donors (Lipinski definition) is 2. The monoisotopic (exact) mass is 390 g/mol. The first-order chi connectivity index (χ1) is 13.2. The van der Waals surface area contributed by atoms with Crippen molar-refractivity contribution in [3.05, 3.63) is 29.3 Å². The molecule has 0 bridgehead atoms. The molecule has 0 aliphatic carbocycles. The molecule has 1 aliphatic rings. The summed E-state index contributed by atoms with van der Waals surface area (Å²) in [6.07, 6.45) is 2.31. The van der Waals surface area contributed by atoms with Crippen molar-refractivity contribution >= 4 is 17.8 Å². The van der Waals surface area contributed by atoms with Gasteiger partial charge in [0.1, 0.15) is 17.9 Å². The van der Waals surface area contributed by atoms with Crippen LogP contribution in [0.2, 0.25) is 0 Å². The van der Waals surface area contributed by atoms with E-state index in [0.717, 1.165) is 18.4 Å². The van der Waals surface area contributed by atoms with E-state index in [2.05, 4.69) is 4.99 Å². The molecule has 4 N–H and O–H groups in total. The number of aliphatic imine (C=N–C) groups is 1. The summed E-state index contributed by atoms with van der Waals surface area (Å²) in [7, 11) is 0. The predicted molar refractivity (Wildman–Crippen MR) is 107 cm³/mol. The lowest BCUT2D eigenvalue weighted by atomic mass is 9.98. The summed E-state index contributed by atoms with van der Waals surface area (Å²) in [5.41, 5.74) is 11.5. The smallest absolute Gasteiger partial charge is 0.326 e. The maximum Gasteiger partial charge on any atom is 0.326 e. The van der Waals surface area contributed by atoms with Gasteiger partial charge in [-0.05, 0) is 57.7 Å². The normalized spacial score (nSPS) is 13.7. The summed E-state index contributed by atoms with van der Waals surface area (Å²) in [6, 6.07) is 5.52. The highest BCUT2D eigenvalue weighted by atomic mass is 16.6. The number of carbonyl (C=O) groups excluding carboxylic acids is 2. The summed E-state index contributed by atoms with van der Waals surface area (Å²) in [6.45, 7) is 6.93. The number of guanidine groups is 1. The number of carbonyl (C=O) groups is 2. The molecule has 0 saturated heterocycles. The van der Waals surface area contributed by atoms with E-state index in [9.17, 15) is 9.59 Å². The maximum atomic E-state index is 12.8. The van der Waals surface area contributed by atoms with Crippen LogP contribution in [0.1, 0.15) is 49.5 Å². The van der Waals surface area contributed by atoms with Crippen molar-refractivity contribution in [2.45, 2.75) is 45.6 Å². The Kier molecular flexibility index (Phi) is 7.25. The third kappa shape index (κ3) is 6.75. The number of rotatable bonds is 8. The first-order valence-corrected chi connectivity index (χ1v) is 9.48. The quantitative estimate of drug-likeness (QED) is 0.300. The van der Waals surface area contributed by atoms with Crippen LogP contribution in [-0.4, -0.2) is 54.6 Å². The number of nitrogens with two attached hydrogens (primary N) is 2. The van der Waals surface area contributed by atoms with Crippen LogP contribution in [0.5, 0.6) is 5.75 Å². The molecule has 1 heterocycles. The van der Waals surface area contributed by atoms with Gasteiger partial charge in [0.15, 0.2) is 5.96 Å². The highest BCUT2D eigenvalue weighted by Crippen LogP contribution is 2.24. The Morgan fingerprint density at radius 2 is 2.00 bits per heavy atom. The van der Waals surface area contributed by atoms with E-state index in [0.29, 0.717) is 37.4 Å². The Hall–Kier alpha value is -2.77. The molecule has 0 unspecified atom stereocenters. The van der Waals surface area contributed by atoms with E-state index in [1.165, 1.54) is 4.90 Å². The first kappa shape index (κ1) is 21.5. The third-order valence-corrected chi connectivity index (χ3v) is 4.11. The number of fused-ring (bicyclic) bond motifs is 1. The van der Waals surface area contributed by atoms with Crippen LogP contribution < -0.4 is 16.2 Å². The lowest BCUT2D eigenvalue weighted by Crippen LogP contribution is -2.42. The minimum Gasteiger partial charge on any atom is -0.494 e. The summed E-state index contributed by atoms with van der Waals surface area (Å²) in [5, 5.41) is 0. The average molecular weight is 390 g/mol. The number of benzene rings is 1. The zero-order valence-corrected chi connectivity index (χ0v) is 16.9. The molecule has 2 rings (SSSR count). The Bertz CT molecular complexity index is 736. The second kappa shape index (κ2) is 9.43. The molecule has 1 aromatic rings. The summed E-state index contributed by atoms with van der Waals surface area (Å²) in [4.78, 5) is 30.3. The van der Waals surface area contributed by atoms with Gasteiger partial charge in [0.2, 0.25) is 0 Å². The Morgan fingerprint density at radius 3 is 2.68 bits per heavy atom. The molecule has 1 aliphatic heterocycles. The minimum atomic E-state index is -0.573. The first-order valence-electron chi connectivity index (χ1n) is 9.48. The van der Waals surface area contributed by atoms with Crippen LogP contribution in [-0.2, 0) is 16.0 Å². The van der Waals surface area contributed by atoms with Crippen LogP contribution in [0.4, 0.5) is 0 Å². The topological polar surface area (TPSA) is 120 Å². The van der Waals surface area contributed by atoms with E-state index in [4.69, 9.17) is 20.9 Å². The predicted octanol–water partition coefficient (Wildman–Crippen LogP) is 1.46. The fourth-order valence-electron chi connectivity index (χ4n) is 2.88. The van der Waals surface area contributed by atoms with Gasteiger partial charge in [-0.3, -0.25) is 14.6 Å². The minimum absolute atomic E-state index is 0.0502. The fourth-order valence-corrected chi connectivity index (χ4v) is 2.88. The largest absolute Gasteiger partial charge is 0.494 e. The highest BCUT2D eigenvalue weighted by molar-refractivity contribution is 5.98. The number of nitrogens with zero attached hydrogens (tertiary/aromatic N) is 2. The molecule has 8 heteroatoms. The van der Waals surface area contributed by atoms with Crippen LogP contribution in [0.3, 0.4) is 0 Å². The standard InChI is InChI=1S/C20H30N4O4/c1-20(2,3)28-17(25)13-24-10-8-14-6-7-15(12-16(14)18(24)26)27-11-5-4-9-23-19(21)22/h6-7,12H,4-5,8-11,13H2,1-3H3,(H4,21,22,23). The van der Waals surface area contributed by atoms with Gasteiger partial charge in [-0.15, -0.1) is 0 Å². The van der Waals surface area contributed by atoms with Crippen molar-refractivity contribution in [1.82, 2.24) is 4.90 Å². The molecular formula is C20H30N4O4. The van der Waals surface area contributed by atoms with Gasteiger partial charge in [0, 0.05) is 18.7 Å². The van der Waals surface area contributed by atoms with Gasteiger partial charge < -0.3 is 25.8 Å². The second-order valence-electron chi connectivity index (χ2n) is 7.74. The zero-order valence-electron chi connectivity index (χ0n) is 16.9. The Labute approximate surface area is 165 Å². The SMILES string of the molecule is CC(C)(C)OC(=O)CN1CCc2ccc(OCCCCN=C(N)N)cc2C1=O. The lowest BCUT2D eigenvalue weighted by Gasteiger charge is -2.29. The number of unbranched alkanes of at least 4 members (excludes halogenated alkanes) is 1. The van der Waals surface area contributed by atoms with Crippen molar-refractivity contribution in [2.24, 2.45) is 16.5 Å². The summed E-state index contributed by atoms with van der Waals surface area (Å²) in [5.74, 6) is 0.140. The Morgan fingerprint density at radius 1 is 1.25 bits per heavy atom. The molecular weight excluding hydrogens is 360 g/mol. The second-order valence-corrected chi connectivity index (χ2v) is 7.74. The van der Waals surface area contributed by atoms with Crippen LogP contribution in [0.25, 0.3) is 0 Å². The molecule has 1 amide bonds. The highest BCUT2D eigenvalue weighted by Gasteiger charge is 2.28. The number of amides is 1. The van der Waals surface area contributed by atoms with Gasteiger partial charge in [-0.2, -0.15) is 0 Å². The molecule has 0 fully saturated rings. The van der Waals surface area contributed by atoms with E-state index in [-0.39, 0.29) is 18.4 Å². The molecule has 28 heavy (non-hydrogen) atoms. The third-order valence-electron chi connectivity index (χ3n) is 4.11. The fraction of sp³-hybridized carbons (Fsp3) is 0.550. The van der Waals surface area contributed by atoms with E-state index < -0.39 is 11.6 Å². The van der Waals surface area contributed by atoms with Crippen molar-refractivity contribution in [2.75, 3.05) is 26.2 Å². The average Bonchev–Trinajstić information content (AvgIpc) is 2.59. The van der Waals surface area contributed by atoms with Gasteiger partial charge >= 0.3 is 5.97 Å². The molecule has 0 aromatic heterocycles. The number of hydrogen-bond acceptors (Lipinski definition) is 5. The van der Waals surface area contributed by atoms with E-state index in [1.54, 1.807) is 26.8 Å². The van der Waals surface area contributed by atoms with Gasteiger partial charge in [-0.25, -0.2) is 0 Å². The maximum absolute atomic E-state index is 12.8. The molecule has 0 radical (unpaired) electrons. The molecule has 0 saturated carbocycles. The molecule has 1 aromatic carbocycles. The van der Waals surface area contributed by atoms with Crippen molar-refractivity contribution in [3.63, 3.8) is 0 Å². The van der Waals surface area contributed by atoms with Crippen LogP contribution in [0, 0.1) is 0 Å². The van der Waals surface area contributed by atoms with Gasteiger partial charge in [0.05, 0.1) is 6.61 Å². The Balaban J connectivity index is 1.91. The van der Waals surface area contributed by atoms with Gasteiger partial charge in [0.25, 0.3) is 5.91 Å². The summed E-state index contributed by atoms with van der Waals surface area (Å²) < 4.78 is 11.1. The van der Waals surface area contributed by atoms with Crippen molar-refractivity contribution in [3.8, 4) is 5.75 Å². The zero-order chi connectivity index (χ0) is 20.7. The van der Waals surface area contributed by atoms with E-state index in [1.807, 2.05) is 12.1 Å². The van der Waals surface area contributed by atoms with Crippen molar-refractivity contribution < 1.29 is 19.1 Å². The molecule has 154 valence electrons. The van der Waals surface area contributed by atoms with Gasteiger partial charge in [-0.1, -0.05) is 6.07 Å². The van der Waals surface area contributed by atoms with E-state index >= 15 is 0 Å². The number of esters is 1. The molecule has 0 spiro atoms. The van der Waals surface area contributed by atoms with Crippen molar-refractivity contribution in [1.29, 1.82) is 0 Å².